The summed E-state index contributed by atoms with van der Waals surface area (Å²) in [5.74, 6) is 1.68. The van der Waals surface area contributed by atoms with Crippen molar-refractivity contribution in [1.82, 2.24) is 0 Å². The Hall–Kier alpha value is -0.275. The lowest BCUT2D eigenvalue weighted by Gasteiger charge is -2.32. The first kappa shape index (κ1) is 11.8. The first-order valence-electron chi connectivity index (χ1n) is 6.94. The average molecular weight is 234 g/mol. The lowest BCUT2D eigenvalue weighted by molar-refractivity contribution is 0.00578. The third-order valence-electron chi connectivity index (χ3n) is 5.11. The summed E-state index contributed by atoms with van der Waals surface area (Å²) in [6.45, 7) is 8.52. The summed E-state index contributed by atoms with van der Waals surface area (Å²) in [6.07, 6.45) is 7.78. The van der Waals surface area contributed by atoms with Crippen LogP contribution in [0.1, 0.15) is 53.4 Å². The van der Waals surface area contributed by atoms with Gasteiger partial charge in [-0.05, 0) is 70.7 Å². The Morgan fingerprint density at radius 2 is 1.76 bits per heavy atom. The second-order valence-corrected chi connectivity index (χ2v) is 6.97. The summed E-state index contributed by atoms with van der Waals surface area (Å²) < 4.78 is 12.3. The monoisotopic (exact) mass is 234 g/mol. The van der Waals surface area contributed by atoms with Crippen LogP contribution in [0.2, 0.25) is 0 Å². The highest BCUT2D eigenvalue weighted by Crippen LogP contribution is 2.45. The molecule has 2 nitrogen and oxygen atoms in total. The molecule has 1 aliphatic heterocycles. The predicted octanol–water partition coefficient (Wildman–Crippen LogP) is 3.36. The SMILES string of the molecule is CC1(C)OB(C2=CC3CCC(C2)C3)OC1(C)C. The van der Waals surface area contributed by atoms with E-state index in [1.54, 1.807) is 0 Å². The van der Waals surface area contributed by atoms with E-state index in [0.29, 0.717) is 0 Å². The molecule has 2 unspecified atom stereocenters. The van der Waals surface area contributed by atoms with Gasteiger partial charge in [-0.1, -0.05) is 6.08 Å². The van der Waals surface area contributed by atoms with Crippen LogP contribution in [-0.4, -0.2) is 18.3 Å². The summed E-state index contributed by atoms with van der Waals surface area (Å²) in [5.41, 5.74) is 1.01. The van der Waals surface area contributed by atoms with Crippen LogP contribution in [0.4, 0.5) is 0 Å². The van der Waals surface area contributed by atoms with Gasteiger partial charge in [-0.2, -0.15) is 0 Å². The van der Waals surface area contributed by atoms with Gasteiger partial charge in [0.25, 0.3) is 0 Å². The topological polar surface area (TPSA) is 18.5 Å². The summed E-state index contributed by atoms with van der Waals surface area (Å²) in [7, 11) is -0.0941. The largest absolute Gasteiger partial charge is 0.490 e. The molecule has 1 saturated carbocycles. The molecule has 94 valence electrons. The van der Waals surface area contributed by atoms with Gasteiger partial charge in [0.2, 0.25) is 0 Å². The molecular formula is C14H23BO2. The van der Waals surface area contributed by atoms with Gasteiger partial charge in [0, 0.05) is 0 Å². The molecule has 3 rings (SSSR count). The van der Waals surface area contributed by atoms with Gasteiger partial charge >= 0.3 is 7.12 Å². The van der Waals surface area contributed by atoms with E-state index in [2.05, 4.69) is 33.8 Å². The van der Waals surface area contributed by atoms with Crippen molar-refractivity contribution < 1.29 is 9.31 Å². The summed E-state index contributed by atoms with van der Waals surface area (Å²) in [4.78, 5) is 0. The van der Waals surface area contributed by atoms with Gasteiger partial charge in [-0.25, -0.2) is 0 Å². The normalized spacial score (nSPS) is 38.4. The smallest absolute Gasteiger partial charge is 0.400 e. The van der Waals surface area contributed by atoms with Crippen molar-refractivity contribution in [3.05, 3.63) is 11.5 Å². The molecule has 2 fully saturated rings. The Bertz CT molecular complexity index is 343. The molecule has 0 aromatic carbocycles. The van der Waals surface area contributed by atoms with E-state index < -0.39 is 0 Å². The molecule has 2 bridgehead atoms. The van der Waals surface area contributed by atoms with Crippen LogP contribution in [0.3, 0.4) is 0 Å². The Labute approximate surface area is 105 Å². The molecule has 0 aromatic rings. The molecule has 0 N–H and O–H groups in total. The Morgan fingerprint density at radius 1 is 1.12 bits per heavy atom. The van der Waals surface area contributed by atoms with E-state index in [0.717, 1.165) is 11.8 Å². The number of hydrogen-bond donors (Lipinski definition) is 0. The second kappa shape index (κ2) is 3.61. The maximum absolute atomic E-state index is 6.14. The van der Waals surface area contributed by atoms with E-state index in [9.17, 15) is 0 Å². The van der Waals surface area contributed by atoms with Gasteiger partial charge in [-0.15, -0.1) is 0 Å². The fourth-order valence-electron chi connectivity index (χ4n) is 3.32. The highest BCUT2D eigenvalue weighted by molar-refractivity contribution is 6.54. The van der Waals surface area contributed by atoms with Gasteiger partial charge in [0.15, 0.2) is 0 Å². The Balaban J connectivity index is 1.79. The third-order valence-corrected chi connectivity index (χ3v) is 5.11. The molecule has 3 heteroatoms. The number of hydrogen-bond acceptors (Lipinski definition) is 2. The minimum atomic E-state index is -0.199. The minimum Gasteiger partial charge on any atom is -0.400 e. The third kappa shape index (κ3) is 1.88. The predicted molar refractivity (Wildman–Crippen MR) is 69.6 cm³/mol. The van der Waals surface area contributed by atoms with Crippen molar-refractivity contribution in [3.63, 3.8) is 0 Å². The molecule has 0 amide bonds. The fourth-order valence-corrected chi connectivity index (χ4v) is 3.32. The first-order chi connectivity index (χ1) is 7.87. The van der Waals surface area contributed by atoms with Crippen LogP contribution < -0.4 is 0 Å². The molecule has 17 heavy (non-hydrogen) atoms. The number of allylic oxidation sites excluding steroid dienone is 2. The average Bonchev–Trinajstić information content (AvgIpc) is 2.65. The molecule has 0 spiro atoms. The van der Waals surface area contributed by atoms with Crippen LogP contribution in [0.5, 0.6) is 0 Å². The zero-order chi connectivity index (χ0) is 12.3. The van der Waals surface area contributed by atoms with E-state index in [4.69, 9.17) is 9.31 Å². The highest BCUT2D eigenvalue weighted by Gasteiger charge is 2.53. The van der Waals surface area contributed by atoms with Crippen molar-refractivity contribution in [2.45, 2.75) is 64.6 Å². The van der Waals surface area contributed by atoms with Crippen LogP contribution in [0.25, 0.3) is 0 Å². The molecular weight excluding hydrogens is 211 g/mol. The van der Waals surface area contributed by atoms with Crippen molar-refractivity contribution in [2.24, 2.45) is 11.8 Å². The fraction of sp³-hybridized carbons (Fsp3) is 0.857. The maximum atomic E-state index is 6.14. The summed E-state index contributed by atoms with van der Waals surface area (Å²) in [6, 6.07) is 0. The zero-order valence-electron chi connectivity index (χ0n) is 11.5. The number of fused-ring (bicyclic) bond motifs is 2. The van der Waals surface area contributed by atoms with Gasteiger partial charge in [0.1, 0.15) is 0 Å². The Morgan fingerprint density at radius 3 is 2.35 bits per heavy atom. The van der Waals surface area contributed by atoms with Gasteiger partial charge < -0.3 is 9.31 Å². The molecule has 1 heterocycles. The Kier molecular flexibility index (Phi) is 2.51. The van der Waals surface area contributed by atoms with Crippen molar-refractivity contribution in [3.8, 4) is 0 Å². The lowest BCUT2D eigenvalue weighted by Crippen LogP contribution is -2.41. The highest BCUT2D eigenvalue weighted by atomic mass is 16.7. The molecule has 0 radical (unpaired) electrons. The zero-order valence-corrected chi connectivity index (χ0v) is 11.5. The minimum absolute atomic E-state index is 0.0941. The lowest BCUT2D eigenvalue weighted by atomic mass is 9.70. The molecule has 2 aliphatic carbocycles. The van der Waals surface area contributed by atoms with Crippen LogP contribution in [0.15, 0.2) is 11.5 Å². The van der Waals surface area contributed by atoms with Crippen molar-refractivity contribution in [1.29, 1.82) is 0 Å². The van der Waals surface area contributed by atoms with Crippen LogP contribution in [-0.2, 0) is 9.31 Å². The quantitative estimate of drug-likeness (QED) is 0.647. The molecule has 1 saturated heterocycles. The van der Waals surface area contributed by atoms with Crippen LogP contribution >= 0.6 is 0 Å². The summed E-state index contributed by atoms with van der Waals surface area (Å²) >= 11 is 0. The maximum Gasteiger partial charge on any atom is 0.490 e. The van der Waals surface area contributed by atoms with Crippen molar-refractivity contribution >= 4 is 7.12 Å². The second-order valence-electron chi connectivity index (χ2n) is 6.97. The van der Waals surface area contributed by atoms with Crippen LogP contribution in [0, 0.1) is 11.8 Å². The number of rotatable bonds is 1. The summed E-state index contributed by atoms with van der Waals surface area (Å²) in [5, 5.41) is 0. The van der Waals surface area contributed by atoms with E-state index in [1.807, 2.05) is 0 Å². The van der Waals surface area contributed by atoms with Gasteiger partial charge in [0.05, 0.1) is 11.2 Å². The van der Waals surface area contributed by atoms with Crippen molar-refractivity contribution in [2.75, 3.05) is 0 Å². The standard InChI is InChI=1S/C14H23BO2/c1-13(2)14(3,4)17-15(16-13)12-8-10-5-6-11(7-10)9-12/h8,10-11H,5-7,9H2,1-4H3. The van der Waals surface area contributed by atoms with E-state index in [-0.39, 0.29) is 18.3 Å². The van der Waals surface area contributed by atoms with E-state index in [1.165, 1.54) is 31.2 Å². The molecule has 0 aromatic heterocycles. The molecule has 2 atom stereocenters. The van der Waals surface area contributed by atoms with E-state index >= 15 is 0 Å². The molecule has 3 aliphatic rings. The van der Waals surface area contributed by atoms with Gasteiger partial charge in [-0.3, -0.25) is 0 Å². The first-order valence-corrected chi connectivity index (χ1v) is 6.94.